The Balaban J connectivity index is 2.33. The van der Waals surface area contributed by atoms with Crippen LogP contribution in [0, 0.1) is 5.82 Å². The summed E-state index contributed by atoms with van der Waals surface area (Å²) < 4.78 is 12.4. The van der Waals surface area contributed by atoms with Gasteiger partial charge in [-0.1, -0.05) is 0 Å². The molecule has 2 nitrogen and oxygen atoms in total. The molecule has 11 heavy (non-hydrogen) atoms. The molecule has 0 atom stereocenters. The van der Waals surface area contributed by atoms with Crippen LogP contribution in [0.3, 0.4) is 0 Å². The molecule has 3 heteroatoms. The molecule has 2 N–H and O–H groups in total. The van der Waals surface area contributed by atoms with E-state index >= 15 is 0 Å². The summed E-state index contributed by atoms with van der Waals surface area (Å²) in [6, 6.07) is 3.05. The van der Waals surface area contributed by atoms with Crippen molar-refractivity contribution in [3.05, 3.63) is 29.8 Å². The van der Waals surface area contributed by atoms with Crippen LogP contribution >= 0.6 is 0 Å². The topological polar surface area (TPSA) is 38.9 Å². The molecule has 1 fully saturated rings. The van der Waals surface area contributed by atoms with Gasteiger partial charge in [0.1, 0.15) is 5.82 Å². The molecular weight excluding hydrogens is 143 g/mol. The lowest BCUT2D eigenvalue weighted by Crippen LogP contribution is -2.20. The molecule has 0 aliphatic heterocycles. The molecular formula is C8H9FN2. The third-order valence-corrected chi connectivity index (χ3v) is 2.03. The average molecular weight is 152 g/mol. The molecule has 1 aliphatic carbocycles. The van der Waals surface area contributed by atoms with Crippen molar-refractivity contribution in [2.24, 2.45) is 5.73 Å². The number of aromatic nitrogens is 1. The van der Waals surface area contributed by atoms with Crippen LogP contribution in [0.2, 0.25) is 0 Å². The quantitative estimate of drug-likeness (QED) is 0.656. The minimum absolute atomic E-state index is 0.242. The fourth-order valence-electron chi connectivity index (χ4n) is 1.06. The van der Waals surface area contributed by atoms with Gasteiger partial charge >= 0.3 is 0 Å². The standard InChI is InChI=1S/C8H9FN2/c9-6-1-2-7(11-5-6)8(10)3-4-8/h1-2,5H,3-4,10H2. The summed E-state index contributed by atoms with van der Waals surface area (Å²) in [5.41, 5.74) is 6.40. The Kier molecular flexibility index (Phi) is 1.23. The summed E-state index contributed by atoms with van der Waals surface area (Å²) in [5, 5.41) is 0. The lowest BCUT2D eigenvalue weighted by Gasteiger charge is -2.05. The van der Waals surface area contributed by atoms with Crippen molar-refractivity contribution >= 4 is 0 Å². The molecule has 1 aliphatic rings. The fraction of sp³-hybridized carbons (Fsp3) is 0.375. The first-order valence-corrected chi connectivity index (χ1v) is 3.62. The summed E-state index contributed by atoms with van der Waals surface area (Å²) in [7, 11) is 0. The maximum absolute atomic E-state index is 12.4. The Labute approximate surface area is 64.2 Å². The van der Waals surface area contributed by atoms with Gasteiger partial charge in [0, 0.05) is 0 Å². The van der Waals surface area contributed by atoms with Gasteiger partial charge < -0.3 is 5.73 Å². The van der Waals surface area contributed by atoms with E-state index in [1.807, 2.05) is 0 Å². The molecule has 2 rings (SSSR count). The Hall–Kier alpha value is -0.960. The first-order chi connectivity index (χ1) is 5.21. The van der Waals surface area contributed by atoms with Gasteiger partial charge in [0.15, 0.2) is 0 Å². The van der Waals surface area contributed by atoms with Crippen LogP contribution < -0.4 is 5.73 Å². The SMILES string of the molecule is NC1(c2ccc(F)cn2)CC1. The van der Waals surface area contributed by atoms with E-state index in [4.69, 9.17) is 5.73 Å². The molecule has 0 radical (unpaired) electrons. The summed E-state index contributed by atoms with van der Waals surface area (Å²) >= 11 is 0. The molecule has 0 saturated heterocycles. The van der Waals surface area contributed by atoms with Crippen LogP contribution in [0.1, 0.15) is 18.5 Å². The number of nitrogens with two attached hydrogens (primary N) is 1. The van der Waals surface area contributed by atoms with Gasteiger partial charge in [0.05, 0.1) is 17.4 Å². The molecule has 1 heterocycles. The highest BCUT2D eigenvalue weighted by Gasteiger charge is 2.41. The largest absolute Gasteiger partial charge is 0.320 e. The predicted octanol–water partition coefficient (Wildman–Crippen LogP) is 1.17. The third-order valence-electron chi connectivity index (χ3n) is 2.03. The average Bonchev–Trinajstić information content (AvgIpc) is 2.70. The van der Waals surface area contributed by atoms with Crippen molar-refractivity contribution in [3.63, 3.8) is 0 Å². The summed E-state index contributed by atoms with van der Waals surface area (Å²) in [6.45, 7) is 0. The van der Waals surface area contributed by atoms with E-state index in [9.17, 15) is 4.39 Å². The van der Waals surface area contributed by atoms with Crippen molar-refractivity contribution in [1.29, 1.82) is 0 Å². The highest BCUT2D eigenvalue weighted by atomic mass is 19.1. The van der Waals surface area contributed by atoms with Crippen LogP contribution in [0.5, 0.6) is 0 Å². The van der Waals surface area contributed by atoms with Crippen LogP contribution in [0.15, 0.2) is 18.3 Å². The van der Waals surface area contributed by atoms with Crippen molar-refractivity contribution < 1.29 is 4.39 Å². The Morgan fingerprint density at radius 3 is 2.64 bits per heavy atom. The maximum Gasteiger partial charge on any atom is 0.141 e. The second-order valence-corrected chi connectivity index (χ2v) is 3.02. The Morgan fingerprint density at radius 2 is 2.18 bits per heavy atom. The van der Waals surface area contributed by atoms with Gasteiger partial charge in [-0.15, -0.1) is 0 Å². The minimum atomic E-state index is -0.307. The summed E-state index contributed by atoms with van der Waals surface area (Å²) in [6.07, 6.45) is 3.14. The highest BCUT2D eigenvalue weighted by molar-refractivity contribution is 5.21. The van der Waals surface area contributed by atoms with Crippen molar-refractivity contribution in [2.75, 3.05) is 0 Å². The Bertz CT molecular complexity index is 264. The van der Waals surface area contributed by atoms with Crippen molar-refractivity contribution in [2.45, 2.75) is 18.4 Å². The van der Waals surface area contributed by atoms with E-state index in [0.717, 1.165) is 18.5 Å². The van der Waals surface area contributed by atoms with Crippen molar-refractivity contribution in [3.8, 4) is 0 Å². The highest BCUT2D eigenvalue weighted by Crippen LogP contribution is 2.41. The van der Waals surface area contributed by atoms with Crippen LogP contribution in [-0.4, -0.2) is 4.98 Å². The second-order valence-electron chi connectivity index (χ2n) is 3.02. The number of rotatable bonds is 1. The molecule has 0 bridgehead atoms. The first kappa shape index (κ1) is 6.73. The van der Waals surface area contributed by atoms with Gasteiger partial charge in [0.2, 0.25) is 0 Å². The van der Waals surface area contributed by atoms with E-state index in [1.165, 1.54) is 12.3 Å². The summed E-state index contributed by atoms with van der Waals surface area (Å²) in [5.74, 6) is -0.307. The van der Waals surface area contributed by atoms with Crippen LogP contribution in [0.4, 0.5) is 4.39 Å². The zero-order valence-corrected chi connectivity index (χ0v) is 6.05. The van der Waals surface area contributed by atoms with E-state index in [-0.39, 0.29) is 11.4 Å². The summed E-state index contributed by atoms with van der Waals surface area (Å²) in [4.78, 5) is 3.91. The fourth-order valence-corrected chi connectivity index (χ4v) is 1.06. The normalized spacial score (nSPS) is 19.8. The molecule has 0 unspecified atom stereocenters. The first-order valence-electron chi connectivity index (χ1n) is 3.62. The van der Waals surface area contributed by atoms with E-state index in [2.05, 4.69) is 4.98 Å². The van der Waals surface area contributed by atoms with Crippen LogP contribution in [-0.2, 0) is 5.54 Å². The number of halogens is 1. The van der Waals surface area contributed by atoms with Gasteiger partial charge in [-0.05, 0) is 25.0 Å². The maximum atomic E-state index is 12.4. The molecule has 58 valence electrons. The molecule has 0 aromatic carbocycles. The lowest BCUT2D eigenvalue weighted by molar-refractivity contribution is 0.611. The monoisotopic (exact) mass is 152 g/mol. The molecule has 0 amide bonds. The van der Waals surface area contributed by atoms with E-state index in [0.29, 0.717) is 0 Å². The molecule has 1 saturated carbocycles. The number of hydrogen-bond acceptors (Lipinski definition) is 2. The van der Waals surface area contributed by atoms with Crippen LogP contribution in [0.25, 0.3) is 0 Å². The number of pyridine rings is 1. The minimum Gasteiger partial charge on any atom is -0.320 e. The van der Waals surface area contributed by atoms with Gasteiger partial charge in [-0.2, -0.15) is 0 Å². The second kappa shape index (κ2) is 2.01. The lowest BCUT2D eigenvalue weighted by atomic mass is 10.2. The predicted molar refractivity (Wildman–Crippen MR) is 39.3 cm³/mol. The van der Waals surface area contributed by atoms with Gasteiger partial charge in [-0.3, -0.25) is 4.98 Å². The third kappa shape index (κ3) is 1.12. The van der Waals surface area contributed by atoms with E-state index < -0.39 is 0 Å². The number of nitrogens with zero attached hydrogens (tertiary/aromatic N) is 1. The van der Waals surface area contributed by atoms with Gasteiger partial charge in [0.25, 0.3) is 0 Å². The van der Waals surface area contributed by atoms with E-state index in [1.54, 1.807) is 6.07 Å². The smallest absolute Gasteiger partial charge is 0.141 e. The molecule has 1 aromatic heterocycles. The number of hydrogen-bond donors (Lipinski definition) is 1. The zero-order chi connectivity index (χ0) is 7.90. The van der Waals surface area contributed by atoms with Crippen molar-refractivity contribution in [1.82, 2.24) is 4.98 Å². The molecule has 0 spiro atoms. The zero-order valence-electron chi connectivity index (χ0n) is 6.05. The van der Waals surface area contributed by atoms with Gasteiger partial charge in [-0.25, -0.2) is 4.39 Å². The Morgan fingerprint density at radius 1 is 1.45 bits per heavy atom. The molecule has 1 aromatic rings.